The summed E-state index contributed by atoms with van der Waals surface area (Å²) < 4.78 is 15.6. The van der Waals surface area contributed by atoms with Gasteiger partial charge in [0.15, 0.2) is 0 Å². The summed E-state index contributed by atoms with van der Waals surface area (Å²) in [5.74, 6) is 1.52. The van der Waals surface area contributed by atoms with Crippen LogP contribution in [0.2, 0.25) is 0 Å². The summed E-state index contributed by atoms with van der Waals surface area (Å²) in [6.45, 7) is 5.57. The lowest BCUT2D eigenvalue weighted by Gasteiger charge is -2.08. The number of nitrogens with one attached hydrogen (secondary N) is 1. The van der Waals surface area contributed by atoms with Gasteiger partial charge >= 0.3 is 0 Å². The molecule has 1 rings (SSSR count). The molecule has 0 spiro atoms. The first-order valence-electron chi connectivity index (χ1n) is 6.77. The Balaban J connectivity index is 2.07. The van der Waals surface area contributed by atoms with Gasteiger partial charge in [0, 0.05) is 26.3 Å². The Kier molecular flexibility index (Phi) is 8.76. The van der Waals surface area contributed by atoms with E-state index in [4.69, 9.17) is 14.2 Å². The second-order valence-electron chi connectivity index (χ2n) is 4.03. The maximum absolute atomic E-state index is 5.39. The molecule has 1 aromatic heterocycles. The van der Waals surface area contributed by atoms with Crippen LogP contribution in [-0.4, -0.2) is 45.1 Å². The molecule has 5 heteroatoms. The predicted molar refractivity (Wildman–Crippen MR) is 75.8 cm³/mol. The second kappa shape index (κ2) is 10.6. The highest BCUT2D eigenvalue weighted by Gasteiger charge is 1.97. The van der Waals surface area contributed by atoms with E-state index in [1.54, 1.807) is 7.11 Å². The van der Waals surface area contributed by atoms with Crippen LogP contribution in [0.15, 0.2) is 18.2 Å². The molecule has 108 valence electrons. The summed E-state index contributed by atoms with van der Waals surface area (Å²) in [7, 11) is 1.68. The maximum Gasteiger partial charge on any atom is 0.215 e. The molecule has 19 heavy (non-hydrogen) atoms. The van der Waals surface area contributed by atoms with Crippen molar-refractivity contribution in [2.45, 2.75) is 19.8 Å². The van der Waals surface area contributed by atoms with Gasteiger partial charge in [0.25, 0.3) is 0 Å². The van der Waals surface area contributed by atoms with Gasteiger partial charge in [-0.15, -0.1) is 0 Å². The molecule has 1 N–H and O–H groups in total. The van der Waals surface area contributed by atoms with Crippen molar-refractivity contribution in [3.05, 3.63) is 18.2 Å². The lowest BCUT2D eigenvalue weighted by Crippen LogP contribution is -2.07. The van der Waals surface area contributed by atoms with E-state index in [-0.39, 0.29) is 0 Å². The molecule has 0 fully saturated rings. The Morgan fingerprint density at radius 2 is 2.05 bits per heavy atom. The van der Waals surface area contributed by atoms with Gasteiger partial charge in [0.1, 0.15) is 5.82 Å². The monoisotopic (exact) mass is 268 g/mol. The van der Waals surface area contributed by atoms with Crippen LogP contribution in [-0.2, 0) is 9.47 Å². The van der Waals surface area contributed by atoms with E-state index < -0.39 is 0 Å². The molecule has 0 saturated heterocycles. The molecule has 0 atom stereocenters. The predicted octanol–water partition coefficient (Wildman–Crippen LogP) is 2.34. The normalized spacial score (nSPS) is 10.4. The Hall–Kier alpha value is -1.33. The Labute approximate surface area is 115 Å². The second-order valence-corrected chi connectivity index (χ2v) is 4.03. The minimum absolute atomic E-state index is 0.634. The summed E-state index contributed by atoms with van der Waals surface area (Å²) in [5.41, 5.74) is 0. The van der Waals surface area contributed by atoms with E-state index in [1.807, 2.05) is 25.1 Å². The van der Waals surface area contributed by atoms with Crippen molar-refractivity contribution in [3.8, 4) is 5.88 Å². The molecule has 0 aromatic carbocycles. The zero-order valence-electron chi connectivity index (χ0n) is 11.9. The average Bonchev–Trinajstić information content (AvgIpc) is 2.43. The lowest BCUT2D eigenvalue weighted by atomic mass is 10.3. The van der Waals surface area contributed by atoms with Crippen LogP contribution < -0.4 is 10.1 Å². The number of pyridine rings is 1. The van der Waals surface area contributed by atoms with Gasteiger partial charge in [-0.2, -0.15) is 4.98 Å². The van der Waals surface area contributed by atoms with Crippen molar-refractivity contribution in [1.29, 1.82) is 0 Å². The minimum Gasteiger partial charge on any atom is -0.478 e. The number of nitrogens with zero attached hydrogens (tertiary/aromatic N) is 1. The van der Waals surface area contributed by atoms with Crippen LogP contribution in [0.5, 0.6) is 5.88 Å². The van der Waals surface area contributed by atoms with E-state index >= 15 is 0 Å². The van der Waals surface area contributed by atoms with Gasteiger partial charge in [0.2, 0.25) is 5.88 Å². The highest BCUT2D eigenvalue weighted by Crippen LogP contribution is 2.11. The van der Waals surface area contributed by atoms with Crippen LogP contribution in [0.3, 0.4) is 0 Å². The van der Waals surface area contributed by atoms with Gasteiger partial charge in [-0.05, 0) is 25.8 Å². The van der Waals surface area contributed by atoms with Crippen LogP contribution >= 0.6 is 0 Å². The van der Waals surface area contributed by atoms with E-state index in [2.05, 4.69) is 10.3 Å². The van der Waals surface area contributed by atoms with Crippen molar-refractivity contribution in [2.75, 3.05) is 45.4 Å². The fourth-order valence-electron chi connectivity index (χ4n) is 1.53. The zero-order valence-corrected chi connectivity index (χ0v) is 11.9. The van der Waals surface area contributed by atoms with Crippen LogP contribution in [0, 0.1) is 0 Å². The standard InChI is InChI=1S/C14H24N2O3/c1-3-19-14-8-6-7-13(16-14)15-9-4-5-10-18-12-11-17-2/h6-8H,3-5,9-12H2,1-2H3,(H,15,16). The molecule has 0 radical (unpaired) electrons. The van der Waals surface area contributed by atoms with Crippen molar-refractivity contribution in [2.24, 2.45) is 0 Å². The molecule has 0 unspecified atom stereocenters. The van der Waals surface area contributed by atoms with Crippen LogP contribution in [0.25, 0.3) is 0 Å². The van der Waals surface area contributed by atoms with Crippen molar-refractivity contribution >= 4 is 5.82 Å². The summed E-state index contributed by atoms with van der Waals surface area (Å²) in [4.78, 5) is 4.34. The number of unbranched alkanes of at least 4 members (excludes halogenated alkanes) is 1. The molecule has 0 aliphatic carbocycles. The number of methoxy groups -OCH3 is 1. The maximum atomic E-state index is 5.39. The summed E-state index contributed by atoms with van der Waals surface area (Å²) in [6, 6.07) is 5.74. The molecule has 0 amide bonds. The third-order valence-electron chi connectivity index (χ3n) is 2.47. The third kappa shape index (κ3) is 7.64. The molecule has 5 nitrogen and oxygen atoms in total. The minimum atomic E-state index is 0.634. The third-order valence-corrected chi connectivity index (χ3v) is 2.47. The number of anilines is 1. The average molecular weight is 268 g/mol. The molecule has 0 aliphatic heterocycles. The Morgan fingerprint density at radius 3 is 2.84 bits per heavy atom. The smallest absolute Gasteiger partial charge is 0.215 e. The van der Waals surface area contributed by atoms with Crippen LogP contribution in [0.1, 0.15) is 19.8 Å². The number of hydrogen-bond acceptors (Lipinski definition) is 5. The first-order valence-corrected chi connectivity index (χ1v) is 6.77. The molecule has 0 bridgehead atoms. The fraction of sp³-hybridized carbons (Fsp3) is 0.643. The number of ether oxygens (including phenoxy) is 3. The van der Waals surface area contributed by atoms with Crippen molar-refractivity contribution in [3.63, 3.8) is 0 Å². The highest BCUT2D eigenvalue weighted by atomic mass is 16.5. The van der Waals surface area contributed by atoms with Gasteiger partial charge in [0.05, 0.1) is 19.8 Å². The van der Waals surface area contributed by atoms with Crippen molar-refractivity contribution in [1.82, 2.24) is 4.98 Å². The van der Waals surface area contributed by atoms with Gasteiger partial charge in [-0.1, -0.05) is 6.07 Å². The first-order chi connectivity index (χ1) is 9.36. The molecular formula is C14H24N2O3. The largest absolute Gasteiger partial charge is 0.478 e. The highest BCUT2D eigenvalue weighted by molar-refractivity contribution is 5.36. The Morgan fingerprint density at radius 1 is 1.16 bits per heavy atom. The Bertz CT molecular complexity index is 334. The van der Waals surface area contributed by atoms with Gasteiger partial charge in [-0.25, -0.2) is 0 Å². The fourth-order valence-corrected chi connectivity index (χ4v) is 1.53. The number of aromatic nitrogens is 1. The number of rotatable bonds is 11. The van der Waals surface area contributed by atoms with Gasteiger partial charge in [-0.3, -0.25) is 0 Å². The van der Waals surface area contributed by atoms with Crippen molar-refractivity contribution < 1.29 is 14.2 Å². The van der Waals surface area contributed by atoms with Gasteiger partial charge < -0.3 is 19.5 Å². The van der Waals surface area contributed by atoms with E-state index in [1.165, 1.54) is 0 Å². The lowest BCUT2D eigenvalue weighted by molar-refractivity contribution is 0.0691. The molecular weight excluding hydrogens is 244 g/mol. The van der Waals surface area contributed by atoms with E-state index in [0.29, 0.717) is 25.7 Å². The number of hydrogen-bond donors (Lipinski definition) is 1. The zero-order chi connectivity index (χ0) is 13.8. The summed E-state index contributed by atoms with van der Waals surface area (Å²) >= 11 is 0. The molecule has 0 aliphatic rings. The summed E-state index contributed by atoms with van der Waals surface area (Å²) in [5, 5.41) is 3.27. The molecule has 0 saturated carbocycles. The topological polar surface area (TPSA) is 52.6 Å². The van der Waals surface area contributed by atoms with E-state index in [0.717, 1.165) is 31.8 Å². The van der Waals surface area contributed by atoms with E-state index in [9.17, 15) is 0 Å². The quantitative estimate of drug-likeness (QED) is 0.624. The molecule has 1 aromatic rings. The first kappa shape index (κ1) is 15.7. The van der Waals surface area contributed by atoms with Crippen LogP contribution in [0.4, 0.5) is 5.82 Å². The molecule has 1 heterocycles. The SMILES string of the molecule is CCOc1cccc(NCCCCOCCOC)n1. The summed E-state index contributed by atoms with van der Waals surface area (Å²) in [6.07, 6.45) is 2.08.